The highest BCUT2D eigenvalue weighted by Gasteiger charge is 2.23. The van der Waals surface area contributed by atoms with Crippen molar-refractivity contribution in [2.75, 3.05) is 13.2 Å². The summed E-state index contributed by atoms with van der Waals surface area (Å²) in [5.74, 6) is 1.73. The Balaban J connectivity index is 2.10. The summed E-state index contributed by atoms with van der Waals surface area (Å²) < 4.78 is 19.4. The van der Waals surface area contributed by atoms with Gasteiger partial charge in [0.2, 0.25) is 0 Å². The predicted octanol–water partition coefficient (Wildman–Crippen LogP) is 3.85. The third-order valence-electron chi connectivity index (χ3n) is 3.83. The van der Waals surface area contributed by atoms with Crippen LogP contribution in [0.15, 0.2) is 18.2 Å². The molecule has 1 saturated carbocycles. The Bertz CT molecular complexity index is 404. The van der Waals surface area contributed by atoms with E-state index in [-0.39, 0.29) is 5.82 Å². The van der Waals surface area contributed by atoms with Crippen molar-refractivity contribution in [1.82, 2.24) is 0 Å². The zero-order chi connectivity index (χ0) is 13.7. The number of ether oxygens (including phenoxy) is 1. The summed E-state index contributed by atoms with van der Waals surface area (Å²) in [5.41, 5.74) is 6.59. The Hall–Kier alpha value is -1.09. The average molecular weight is 265 g/mol. The van der Waals surface area contributed by atoms with E-state index in [0.717, 1.165) is 37.2 Å². The zero-order valence-corrected chi connectivity index (χ0v) is 11.7. The Labute approximate surface area is 115 Å². The first-order valence-corrected chi connectivity index (χ1v) is 7.37. The summed E-state index contributed by atoms with van der Waals surface area (Å²) in [6, 6.07) is 4.90. The second-order valence-electron chi connectivity index (χ2n) is 5.47. The molecule has 106 valence electrons. The molecular weight excluding hydrogens is 241 g/mol. The van der Waals surface area contributed by atoms with Crippen molar-refractivity contribution < 1.29 is 9.13 Å². The largest absolute Gasteiger partial charge is 0.493 e. The van der Waals surface area contributed by atoms with Gasteiger partial charge in [-0.05, 0) is 68.7 Å². The molecule has 2 N–H and O–H groups in total. The Morgan fingerprint density at radius 3 is 2.84 bits per heavy atom. The standard InChI is InChI=1S/C16H24FNO/c1-2-13(4-3-9-18)15-10-14(17)7-8-16(15)19-11-12-5-6-12/h7-8,10,12-13H,2-6,9,11,18H2,1H3/t13-/m1/s1. The molecule has 0 unspecified atom stereocenters. The monoisotopic (exact) mass is 265 g/mol. The molecule has 3 heteroatoms. The summed E-state index contributed by atoms with van der Waals surface area (Å²) in [6.07, 6.45) is 5.48. The number of halogens is 1. The molecule has 1 atom stereocenters. The zero-order valence-electron chi connectivity index (χ0n) is 11.7. The summed E-state index contributed by atoms with van der Waals surface area (Å²) in [4.78, 5) is 0. The molecule has 0 bridgehead atoms. The number of rotatable bonds is 8. The Morgan fingerprint density at radius 1 is 1.42 bits per heavy atom. The lowest BCUT2D eigenvalue weighted by Gasteiger charge is -2.19. The fourth-order valence-corrected chi connectivity index (χ4v) is 2.41. The van der Waals surface area contributed by atoms with E-state index in [9.17, 15) is 4.39 Å². The molecule has 1 fully saturated rings. The van der Waals surface area contributed by atoms with Gasteiger partial charge in [0.1, 0.15) is 11.6 Å². The van der Waals surface area contributed by atoms with Gasteiger partial charge in [-0.15, -0.1) is 0 Å². The summed E-state index contributed by atoms with van der Waals surface area (Å²) >= 11 is 0. The van der Waals surface area contributed by atoms with Crippen LogP contribution in [-0.2, 0) is 0 Å². The van der Waals surface area contributed by atoms with Crippen LogP contribution in [0.5, 0.6) is 5.75 Å². The van der Waals surface area contributed by atoms with Gasteiger partial charge in [0.15, 0.2) is 0 Å². The summed E-state index contributed by atoms with van der Waals surface area (Å²) in [7, 11) is 0. The molecule has 0 aromatic heterocycles. The van der Waals surface area contributed by atoms with Gasteiger partial charge >= 0.3 is 0 Å². The van der Waals surface area contributed by atoms with Gasteiger partial charge in [-0.25, -0.2) is 4.39 Å². The molecule has 0 saturated heterocycles. The average Bonchev–Trinajstić information content (AvgIpc) is 3.23. The van der Waals surface area contributed by atoms with Crippen LogP contribution >= 0.6 is 0 Å². The highest BCUT2D eigenvalue weighted by molar-refractivity contribution is 5.37. The lowest BCUT2D eigenvalue weighted by molar-refractivity contribution is 0.293. The van der Waals surface area contributed by atoms with Crippen LogP contribution < -0.4 is 10.5 Å². The molecule has 0 aliphatic heterocycles. The maximum absolute atomic E-state index is 13.5. The van der Waals surface area contributed by atoms with Crippen LogP contribution in [0.3, 0.4) is 0 Å². The van der Waals surface area contributed by atoms with Crippen molar-refractivity contribution in [3.8, 4) is 5.75 Å². The van der Waals surface area contributed by atoms with Crippen molar-refractivity contribution in [3.05, 3.63) is 29.6 Å². The number of nitrogens with two attached hydrogens (primary N) is 1. The second-order valence-corrected chi connectivity index (χ2v) is 5.47. The van der Waals surface area contributed by atoms with Crippen molar-refractivity contribution in [3.63, 3.8) is 0 Å². The van der Waals surface area contributed by atoms with E-state index in [0.29, 0.717) is 18.4 Å². The SMILES string of the molecule is CC[C@H](CCCN)c1cc(F)ccc1OCC1CC1. The van der Waals surface area contributed by atoms with Crippen molar-refractivity contribution in [1.29, 1.82) is 0 Å². The minimum Gasteiger partial charge on any atom is -0.493 e. The Kier molecular flexibility index (Phi) is 5.20. The molecule has 0 radical (unpaired) electrons. The minimum atomic E-state index is -0.181. The predicted molar refractivity (Wildman–Crippen MR) is 75.9 cm³/mol. The smallest absolute Gasteiger partial charge is 0.123 e. The van der Waals surface area contributed by atoms with E-state index >= 15 is 0 Å². The topological polar surface area (TPSA) is 35.2 Å². The van der Waals surface area contributed by atoms with Crippen molar-refractivity contribution in [2.24, 2.45) is 11.7 Å². The van der Waals surface area contributed by atoms with E-state index in [1.165, 1.54) is 18.9 Å². The van der Waals surface area contributed by atoms with Crippen LogP contribution in [0.25, 0.3) is 0 Å². The molecule has 1 aliphatic rings. The first-order chi connectivity index (χ1) is 9.24. The molecule has 0 spiro atoms. The van der Waals surface area contributed by atoms with E-state index < -0.39 is 0 Å². The number of benzene rings is 1. The fraction of sp³-hybridized carbons (Fsp3) is 0.625. The summed E-state index contributed by atoms with van der Waals surface area (Å²) in [5, 5.41) is 0. The van der Waals surface area contributed by atoms with Crippen LogP contribution in [0.1, 0.15) is 50.5 Å². The molecule has 19 heavy (non-hydrogen) atoms. The molecule has 1 aromatic carbocycles. The summed E-state index contributed by atoms with van der Waals surface area (Å²) in [6.45, 7) is 3.59. The molecule has 2 rings (SSSR count). The normalized spacial score (nSPS) is 16.4. The van der Waals surface area contributed by atoms with Crippen LogP contribution in [-0.4, -0.2) is 13.2 Å². The highest BCUT2D eigenvalue weighted by Crippen LogP contribution is 2.35. The van der Waals surface area contributed by atoms with E-state index in [1.54, 1.807) is 12.1 Å². The minimum absolute atomic E-state index is 0.181. The van der Waals surface area contributed by atoms with E-state index in [1.807, 2.05) is 0 Å². The van der Waals surface area contributed by atoms with Gasteiger partial charge in [-0.3, -0.25) is 0 Å². The second kappa shape index (κ2) is 6.90. The molecule has 0 amide bonds. The maximum atomic E-state index is 13.5. The third kappa shape index (κ3) is 4.20. The van der Waals surface area contributed by atoms with E-state index in [2.05, 4.69) is 6.92 Å². The Morgan fingerprint density at radius 2 is 2.21 bits per heavy atom. The van der Waals surface area contributed by atoms with Gasteiger partial charge in [0.05, 0.1) is 6.61 Å². The van der Waals surface area contributed by atoms with Gasteiger partial charge in [-0.2, -0.15) is 0 Å². The first-order valence-electron chi connectivity index (χ1n) is 7.37. The number of hydrogen-bond donors (Lipinski definition) is 1. The molecule has 0 heterocycles. The van der Waals surface area contributed by atoms with Crippen LogP contribution in [0.4, 0.5) is 4.39 Å². The van der Waals surface area contributed by atoms with Gasteiger partial charge in [-0.1, -0.05) is 6.92 Å². The van der Waals surface area contributed by atoms with Gasteiger partial charge in [0.25, 0.3) is 0 Å². The van der Waals surface area contributed by atoms with Crippen LogP contribution in [0.2, 0.25) is 0 Å². The third-order valence-corrected chi connectivity index (χ3v) is 3.83. The van der Waals surface area contributed by atoms with Crippen LogP contribution in [0, 0.1) is 11.7 Å². The molecule has 2 nitrogen and oxygen atoms in total. The lowest BCUT2D eigenvalue weighted by Crippen LogP contribution is -2.08. The fourth-order valence-electron chi connectivity index (χ4n) is 2.41. The maximum Gasteiger partial charge on any atom is 0.123 e. The van der Waals surface area contributed by atoms with Crippen molar-refractivity contribution in [2.45, 2.75) is 44.9 Å². The highest BCUT2D eigenvalue weighted by atomic mass is 19.1. The van der Waals surface area contributed by atoms with Gasteiger partial charge in [0, 0.05) is 5.56 Å². The lowest BCUT2D eigenvalue weighted by atomic mass is 9.91. The molecule has 1 aromatic rings. The van der Waals surface area contributed by atoms with E-state index in [4.69, 9.17) is 10.5 Å². The van der Waals surface area contributed by atoms with Gasteiger partial charge < -0.3 is 10.5 Å². The molecule has 1 aliphatic carbocycles. The molecular formula is C16H24FNO. The quantitative estimate of drug-likeness (QED) is 0.775. The van der Waals surface area contributed by atoms with Crippen molar-refractivity contribution >= 4 is 0 Å². The first kappa shape index (κ1) is 14.3. The number of hydrogen-bond acceptors (Lipinski definition) is 2.